The Kier molecular flexibility index (Phi) is 6.93. The second-order valence-electron chi connectivity index (χ2n) is 7.71. The number of aromatic hydroxyl groups is 1. The number of ether oxygens (including phenoxy) is 1. The highest BCUT2D eigenvalue weighted by molar-refractivity contribution is 7.86. The predicted octanol–water partition coefficient (Wildman–Crippen LogP) is 6.43. The summed E-state index contributed by atoms with van der Waals surface area (Å²) in [6.45, 7) is 1.47. The molecule has 184 valence electrons. The van der Waals surface area contributed by atoms with Gasteiger partial charge in [0.1, 0.15) is 22.0 Å². The van der Waals surface area contributed by atoms with Crippen molar-refractivity contribution in [1.82, 2.24) is 0 Å². The van der Waals surface area contributed by atoms with Crippen molar-refractivity contribution in [2.75, 3.05) is 12.4 Å². The summed E-state index contributed by atoms with van der Waals surface area (Å²) in [6, 6.07) is 17.9. The van der Waals surface area contributed by atoms with Crippen LogP contribution in [0.1, 0.15) is 15.9 Å². The van der Waals surface area contributed by atoms with Crippen LogP contribution >= 0.6 is 11.6 Å². The lowest BCUT2D eigenvalue weighted by Crippen LogP contribution is -2.13. The Balaban J connectivity index is 1.87. The maximum atomic E-state index is 13.1. The summed E-state index contributed by atoms with van der Waals surface area (Å²) in [5.41, 5.74) is 0.113. The van der Waals surface area contributed by atoms with Crippen LogP contribution in [-0.2, 0) is 10.1 Å². The van der Waals surface area contributed by atoms with Crippen molar-refractivity contribution in [3.8, 4) is 11.5 Å². The zero-order valence-corrected chi connectivity index (χ0v) is 20.6. The molecule has 0 aromatic heterocycles. The molecule has 4 aromatic carbocycles. The summed E-state index contributed by atoms with van der Waals surface area (Å²) in [6.07, 6.45) is 0. The number of benzene rings is 4. The third-order valence-corrected chi connectivity index (χ3v) is 6.72. The minimum Gasteiger partial charge on any atom is -0.505 e. The number of halogens is 1. The van der Waals surface area contributed by atoms with Crippen molar-refractivity contribution in [1.29, 1.82) is 0 Å². The van der Waals surface area contributed by atoms with Crippen LogP contribution in [0.2, 0.25) is 5.02 Å². The van der Waals surface area contributed by atoms with E-state index in [1.54, 1.807) is 48.5 Å². The monoisotopic (exact) mass is 525 g/mol. The van der Waals surface area contributed by atoms with Gasteiger partial charge in [0.05, 0.1) is 23.4 Å². The quantitative estimate of drug-likeness (QED) is 0.196. The number of hydrogen-bond acceptors (Lipinski definition) is 7. The van der Waals surface area contributed by atoms with E-state index in [2.05, 4.69) is 15.5 Å². The molecule has 0 radical (unpaired) electrons. The number of phenols is 1. The second-order valence-corrected chi connectivity index (χ2v) is 9.48. The molecule has 0 bridgehead atoms. The number of aryl methyl sites for hydroxylation is 1. The topological polar surface area (TPSA) is 138 Å². The molecule has 0 aliphatic heterocycles. The Hall–Kier alpha value is -3.99. The maximum absolute atomic E-state index is 13.1. The van der Waals surface area contributed by atoms with Crippen molar-refractivity contribution in [2.24, 2.45) is 10.2 Å². The van der Waals surface area contributed by atoms with E-state index in [0.717, 1.165) is 0 Å². The lowest BCUT2D eigenvalue weighted by Gasteiger charge is -2.13. The Bertz CT molecular complexity index is 1640. The van der Waals surface area contributed by atoms with Gasteiger partial charge in [-0.05, 0) is 42.1 Å². The number of carbonyl (C=O) groups excluding carboxylic acids is 1. The number of fused-ring (bicyclic) bond motifs is 1. The molecule has 0 aliphatic carbocycles. The first-order chi connectivity index (χ1) is 17.1. The lowest BCUT2D eigenvalue weighted by atomic mass is 10.0. The van der Waals surface area contributed by atoms with E-state index in [1.165, 1.54) is 32.2 Å². The Morgan fingerprint density at radius 3 is 2.39 bits per heavy atom. The van der Waals surface area contributed by atoms with Gasteiger partial charge in [-0.1, -0.05) is 54.1 Å². The number of anilines is 1. The number of hydrogen-bond donors (Lipinski definition) is 3. The van der Waals surface area contributed by atoms with Crippen LogP contribution in [0.5, 0.6) is 11.5 Å². The minimum absolute atomic E-state index is 0.0779. The maximum Gasteiger partial charge on any atom is 0.297 e. The molecule has 0 atom stereocenters. The molecule has 0 unspecified atom stereocenters. The summed E-state index contributed by atoms with van der Waals surface area (Å²) in [7, 11) is -3.22. The fourth-order valence-electron chi connectivity index (χ4n) is 3.70. The van der Waals surface area contributed by atoms with Crippen molar-refractivity contribution in [3.63, 3.8) is 0 Å². The third kappa shape index (κ3) is 4.87. The van der Waals surface area contributed by atoms with Crippen LogP contribution in [0, 0.1) is 6.92 Å². The van der Waals surface area contributed by atoms with E-state index < -0.39 is 26.7 Å². The molecule has 0 fully saturated rings. The van der Waals surface area contributed by atoms with Gasteiger partial charge in [0.2, 0.25) is 0 Å². The molecule has 0 saturated heterocycles. The molecule has 36 heavy (non-hydrogen) atoms. The highest BCUT2D eigenvalue weighted by Gasteiger charge is 2.23. The Morgan fingerprint density at radius 1 is 1.00 bits per heavy atom. The number of nitrogens with one attached hydrogen (secondary N) is 1. The van der Waals surface area contributed by atoms with E-state index in [1.807, 2.05) is 0 Å². The SMILES string of the molecule is COc1ccccc1NC(=O)c1cc2ccccc2c(N=Nc2c(Cl)ccc(C)c2S(=O)(=O)O)c1O. The number of carbonyl (C=O) groups is 1. The van der Waals surface area contributed by atoms with Crippen LogP contribution in [0.4, 0.5) is 17.1 Å². The fraction of sp³-hybridized carbons (Fsp3) is 0.0800. The standard InChI is InChI=1S/C25H20ClN3O6S/c1-14-11-12-18(26)22(24(14)36(32,33)34)29-28-21-16-8-4-3-7-15(16)13-17(23(21)30)25(31)27-19-9-5-6-10-20(19)35-2/h3-13,30H,1-2H3,(H,27,31)(H,32,33,34). The van der Waals surface area contributed by atoms with Gasteiger partial charge in [0.15, 0.2) is 5.75 Å². The summed E-state index contributed by atoms with van der Waals surface area (Å²) in [4.78, 5) is 12.6. The highest BCUT2D eigenvalue weighted by atomic mass is 35.5. The summed E-state index contributed by atoms with van der Waals surface area (Å²) >= 11 is 6.16. The Labute approximate surface area is 211 Å². The van der Waals surface area contributed by atoms with E-state index in [-0.39, 0.29) is 27.5 Å². The second kappa shape index (κ2) is 9.94. The fourth-order valence-corrected chi connectivity index (χ4v) is 4.82. The smallest absolute Gasteiger partial charge is 0.297 e. The molecular weight excluding hydrogens is 506 g/mol. The summed E-state index contributed by atoms with van der Waals surface area (Å²) in [5, 5.41) is 22.7. The van der Waals surface area contributed by atoms with Crippen molar-refractivity contribution in [3.05, 3.63) is 82.9 Å². The van der Waals surface area contributed by atoms with Crippen molar-refractivity contribution < 1.29 is 27.6 Å². The average Bonchev–Trinajstić information content (AvgIpc) is 2.84. The van der Waals surface area contributed by atoms with Crippen LogP contribution in [0.3, 0.4) is 0 Å². The van der Waals surface area contributed by atoms with E-state index >= 15 is 0 Å². The highest BCUT2D eigenvalue weighted by Crippen LogP contribution is 2.42. The van der Waals surface area contributed by atoms with Gasteiger partial charge in [0, 0.05) is 5.39 Å². The molecular formula is C25H20ClN3O6S. The summed E-state index contributed by atoms with van der Waals surface area (Å²) in [5.74, 6) is -0.689. The van der Waals surface area contributed by atoms with Crippen LogP contribution in [0.15, 0.2) is 81.9 Å². The number of methoxy groups -OCH3 is 1. The summed E-state index contributed by atoms with van der Waals surface area (Å²) < 4.78 is 38.9. The first-order valence-electron chi connectivity index (χ1n) is 10.5. The van der Waals surface area contributed by atoms with Gasteiger partial charge in [-0.3, -0.25) is 9.35 Å². The number of para-hydroxylation sites is 2. The van der Waals surface area contributed by atoms with Crippen LogP contribution in [-0.4, -0.2) is 31.1 Å². The number of phenolic OH excluding ortho intramolecular Hbond substituents is 1. The number of amides is 1. The molecule has 1 amide bonds. The molecule has 9 nitrogen and oxygen atoms in total. The zero-order valence-electron chi connectivity index (χ0n) is 19.1. The molecule has 0 spiro atoms. The van der Waals surface area contributed by atoms with Crippen LogP contribution in [0.25, 0.3) is 10.8 Å². The lowest BCUT2D eigenvalue weighted by molar-refractivity contribution is 0.102. The van der Waals surface area contributed by atoms with Gasteiger partial charge in [-0.15, -0.1) is 10.2 Å². The number of nitrogens with zero attached hydrogens (tertiary/aromatic N) is 2. The predicted molar refractivity (Wildman–Crippen MR) is 137 cm³/mol. The molecule has 0 heterocycles. The van der Waals surface area contributed by atoms with Gasteiger partial charge in [-0.2, -0.15) is 8.42 Å². The van der Waals surface area contributed by atoms with Gasteiger partial charge < -0.3 is 15.2 Å². The van der Waals surface area contributed by atoms with Gasteiger partial charge in [0.25, 0.3) is 16.0 Å². The number of azo groups is 1. The minimum atomic E-state index is -4.68. The Morgan fingerprint density at radius 2 is 1.67 bits per heavy atom. The number of rotatable bonds is 6. The average molecular weight is 526 g/mol. The molecule has 4 rings (SSSR count). The van der Waals surface area contributed by atoms with Crippen molar-refractivity contribution >= 4 is 55.5 Å². The van der Waals surface area contributed by atoms with Crippen LogP contribution < -0.4 is 10.1 Å². The van der Waals surface area contributed by atoms with E-state index in [0.29, 0.717) is 22.2 Å². The largest absolute Gasteiger partial charge is 0.505 e. The van der Waals surface area contributed by atoms with Gasteiger partial charge >= 0.3 is 0 Å². The molecule has 11 heteroatoms. The first-order valence-corrected chi connectivity index (χ1v) is 12.3. The normalized spacial score (nSPS) is 11.7. The van der Waals surface area contributed by atoms with E-state index in [4.69, 9.17) is 16.3 Å². The third-order valence-electron chi connectivity index (χ3n) is 5.38. The van der Waals surface area contributed by atoms with Crippen molar-refractivity contribution in [2.45, 2.75) is 11.8 Å². The molecule has 0 aliphatic rings. The zero-order chi connectivity index (χ0) is 26.0. The van der Waals surface area contributed by atoms with E-state index in [9.17, 15) is 22.9 Å². The molecule has 4 aromatic rings. The molecule has 0 saturated carbocycles. The first kappa shape index (κ1) is 25.1. The molecule has 3 N–H and O–H groups in total. The van der Waals surface area contributed by atoms with Gasteiger partial charge in [-0.25, -0.2) is 0 Å².